The fraction of sp³-hybridized carbons (Fsp3) is 0.273. The lowest BCUT2D eigenvalue weighted by atomic mass is 10.2. The van der Waals surface area contributed by atoms with Gasteiger partial charge < -0.3 is 4.98 Å². The summed E-state index contributed by atoms with van der Waals surface area (Å²) in [4.78, 5) is 37.1. The topological polar surface area (TPSA) is 116 Å². The third-order valence-electron chi connectivity index (χ3n) is 5.72. The van der Waals surface area contributed by atoms with E-state index in [1.54, 1.807) is 24.3 Å². The Morgan fingerprint density at radius 3 is 2.62 bits per heavy atom. The van der Waals surface area contributed by atoms with Crippen LogP contribution in [0.2, 0.25) is 0 Å². The van der Waals surface area contributed by atoms with Gasteiger partial charge in [0.15, 0.2) is 5.03 Å². The summed E-state index contributed by atoms with van der Waals surface area (Å²) in [6, 6.07) is 12.1. The van der Waals surface area contributed by atoms with E-state index in [1.165, 1.54) is 40.3 Å². The highest BCUT2D eigenvalue weighted by atomic mass is 35.5. The molecule has 178 valence electrons. The minimum atomic E-state index is -3.83. The predicted octanol–water partition coefficient (Wildman–Crippen LogP) is 2.82. The van der Waals surface area contributed by atoms with Gasteiger partial charge in [-0.15, -0.1) is 12.4 Å². The fourth-order valence-electron chi connectivity index (χ4n) is 3.98. The number of sulfonamides is 1. The van der Waals surface area contributed by atoms with Crippen LogP contribution in [0.5, 0.6) is 0 Å². The van der Waals surface area contributed by atoms with Crippen molar-refractivity contribution in [2.24, 2.45) is 4.99 Å². The Morgan fingerprint density at radius 2 is 1.91 bits per heavy atom. The number of likely N-dealkylation sites (tertiary alicyclic amines) is 1. The highest BCUT2D eigenvalue weighted by Gasteiger charge is 2.33. The summed E-state index contributed by atoms with van der Waals surface area (Å²) >= 11 is 1.52. The maximum atomic E-state index is 13.1. The number of aromatic amines is 1. The van der Waals surface area contributed by atoms with Gasteiger partial charge in [0, 0.05) is 43.3 Å². The molecule has 4 heterocycles. The number of imide groups is 1. The number of nitrogens with zero attached hydrogens (tertiary/aromatic N) is 4. The van der Waals surface area contributed by atoms with Crippen LogP contribution in [0.15, 0.2) is 58.7 Å². The molecule has 0 radical (unpaired) electrons. The fourth-order valence-corrected chi connectivity index (χ4v) is 6.19. The molecule has 1 saturated heterocycles. The molecule has 34 heavy (non-hydrogen) atoms. The van der Waals surface area contributed by atoms with E-state index in [1.807, 2.05) is 12.1 Å². The minimum absolute atomic E-state index is 0. The molecule has 5 rings (SSSR count). The Hall–Kier alpha value is -2.89. The van der Waals surface area contributed by atoms with Crippen LogP contribution in [0, 0.1) is 0 Å². The van der Waals surface area contributed by atoms with Gasteiger partial charge in [-0.25, -0.2) is 4.98 Å². The number of amides is 2. The van der Waals surface area contributed by atoms with Crippen molar-refractivity contribution in [2.75, 3.05) is 24.4 Å². The normalized spacial score (nSPS) is 18.3. The molecule has 2 aliphatic heterocycles. The van der Waals surface area contributed by atoms with E-state index in [0.29, 0.717) is 24.3 Å². The van der Waals surface area contributed by atoms with Crippen molar-refractivity contribution in [1.29, 1.82) is 0 Å². The predicted molar refractivity (Wildman–Crippen MR) is 134 cm³/mol. The van der Waals surface area contributed by atoms with Gasteiger partial charge in [-0.1, -0.05) is 30.0 Å². The lowest BCUT2D eigenvalue weighted by Crippen LogP contribution is -2.35. The second-order valence-corrected chi connectivity index (χ2v) is 11.1. The zero-order valence-electron chi connectivity index (χ0n) is 18.2. The summed E-state index contributed by atoms with van der Waals surface area (Å²) in [6.45, 7) is 0.860. The van der Waals surface area contributed by atoms with E-state index in [-0.39, 0.29) is 47.3 Å². The molecule has 1 N–H and O–H groups in total. The number of benzene rings is 1. The Bertz CT molecular complexity index is 1370. The van der Waals surface area contributed by atoms with Crippen LogP contribution in [0.3, 0.4) is 0 Å². The number of carbonyl (C=O) groups excluding carboxylic acids is 2. The van der Waals surface area contributed by atoms with Crippen molar-refractivity contribution in [3.63, 3.8) is 0 Å². The third-order valence-corrected chi connectivity index (χ3v) is 8.62. The number of aliphatic imine (C=N–C) groups is 1. The molecule has 2 aromatic heterocycles. The molecule has 12 heteroatoms. The van der Waals surface area contributed by atoms with Crippen molar-refractivity contribution >= 4 is 67.6 Å². The van der Waals surface area contributed by atoms with Crippen molar-refractivity contribution in [3.8, 4) is 0 Å². The number of H-pyrrole nitrogens is 1. The van der Waals surface area contributed by atoms with Crippen molar-refractivity contribution in [3.05, 3.63) is 54.4 Å². The molecule has 1 aromatic carbocycles. The van der Waals surface area contributed by atoms with Crippen molar-refractivity contribution in [1.82, 2.24) is 14.9 Å². The molecule has 2 aliphatic rings. The Balaban J connectivity index is 0.00000274. The lowest BCUT2D eigenvalue weighted by Gasteiger charge is -2.19. The van der Waals surface area contributed by atoms with E-state index < -0.39 is 10.0 Å². The largest absolute Gasteiger partial charge is 0.351 e. The molecule has 0 aliphatic carbocycles. The Morgan fingerprint density at radius 1 is 1.15 bits per heavy atom. The van der Waals surface area contributed by atoms with Crippen LogP contribution in [0.1, 0.15) is 18.5 Å². The van der Waals surface area contributed by atoms with E-state index in [2.05, 4.69) is 15.0 Å². The quantitative estimate of drug-likeness (QED) is 0.501. The molecule has 0 bridgehead atoms. The second kappa shape index (κ2) is 9.40. The first-order chi connectivity index (χ1) is 15.8. The first-order valence-electron chi connectivity index (χ1n) is 10.4. The number of aromatic nitrogens is 2. The second-order valence-electron chi connectivity index (χ2n) is 7.85. The number of halogens is 1. The van der Waals surface area contributed by atoms with E-state index in [9.17, 15) is 18.0 Å². The van der Waals surface area contributed by atoms with E-state index in [4.69, 9.17) is 0 Å². The molecule has 1 unspecified atom stereocenters. The molecule has 3 aromatic rings. The summed E-state index contributed by atoms with van der Waals surface area (Å²) < 4.78 is 27.3. The van der Waals surface area contributed by atoms with Gasteiger partial charge in [0.05, 0.1) is 23.4 Å². The molecular weight excluding hydrogens is 498 g/mol. The molecule has 0 saturated carbocycles. The Labute approximate surface area is 207 Å². The zero-order valence-corrected chi connectivity index (χ0v) is 20.6. The number of rotatable bonds is 6. The van der Waals surface area contributed by atoms with Crippen LogP contribution in [0.4, 0.5) is 5.69 Å². The molecule has 9 nitrogen and oxygen atoms in total. The molecule has 2 amide bonds. The number of anilines is 1. The number of para-hydroxylation sites is 1. The van der Waals surface area contributed by atoms with Crippen LogP contribution in [-0.4, -0.2) is 65.5 Å². The summed E-state index contributed by atoms with van der Waals surface area (Å²) in [5.41, 5.74) is 1.94. The summed E-state index contributed by atoms with van der Waals surface area (Å²) in [7, 11) is -2.33. The monoisotopic (exact) mass is 519 g/mol. The highest BCUT2D eigenvalue weighted by molar-refractivity contribution is 8.15. The number of fused-ring (bicyclic) bond motifs is 1. The van der Waals surface area contributed by atoms with Crippen LogP contribution >= 0.6 is 24.2 Å². The zero-order chi connectivity index (χ0) is 23.2. The summed E-state index contributed by atoms with van der Waals surface area (Å²) in [5.74, 6) is -0.247. The van der Waals surface area contributed by atoms with Gasteiger partial charge in [-0.3, -0.25) is 23.8 Å². The minimum Gasteiger partial charge on any atom is -0.351 e. The average molecular weight is 520 g/mol. The van der Waals surface area contributed by atoms with Gasteiger partial charge >= 0.3 is 0 Å². The molecule has 0 spiro atoms. The van der Waals surface area contributed by atoms with Gasteiger partial charge in [-0.2, -0.15) is 8.42 Å². The molecule has 1 atom stereocenters. The lowest BCUT2D eigenvalue weighted by molar-refractivity contribution is -0.138. The maximum absolute atomic E-state index is 13.1. The van der Waals surface area contributed by atoms with Crippen LogP contribution in [0.25, 0.3) is 10.9 Å². The highest BCUT2D eigenvalue weighted by Crippen LogP contribution is 2.33. The Kier molecular flexibility index (Phi) is 6.70. The van der Waals surface area contributed by atoms with E-state index in [0.717, 1.165) is 16.1 Å². The number of nitrogens with one attached hydrogen (secondary N) is 1. The standard InChI is InChI=1S/C22H21N5O4S2.ClH/c1-26(33(30,31)18-7-2-3-10-23-18)17-6-4-5-14-11-16(25-21(14)17)22-24-12-15(32-22)13-27-19(28)8-9-20(27)29;/h2-7,10-11,15,25H,8-9,12-13H2,1H3;1H. The number of carbonyl (C=O) groups is 2. The van der Waals surface area contributed by atoms with Gasteiger partial charge in [0.2, 0.25) is 11.8 Å². The van der Waals surface area contributed by atoms with Gasteiger partial charge in [0.1, 0.15) is 5.04 Å². The first-order valence-corrected chi connectivity index (χ1v) is 12.7. The van der Waals surface area contributed by atoms with Crippen molar-refractivity contribution in [2.45, 2.75) is 23.1 Å². The summed E-state index contributed by atoms with van der Waals surface area (Å²) in [6.07, 6.45) is 2.01. The third kappa shape index (κ3) is 4.30. The number of hydrogen-bond donors (Lipinski definition) is 1. The van der Waals surface area contributed by atoms with Crippen LogP contribution in [-0.2, 0) is 19.6 Å². The van der Waals surface area contributed by atoms with Gasteiger partial charge in [0.25, 0.3) is 10.0 Å². The number of pyridine rings is 1. The van der Waals surface area contributed by atoms with Crippen molar-refractivity contribution < 1.29 is 18.0 Å². The van der Waals surface area contributed by atoms with Crippen LogP contribution < -0.4 is 4.31 Å². The SMILES string of the molecule is CN(c1cccc2cc(C3=NCC(CN4C(=O)CCC4=O)S3)[nH]c12)S(=O)(=O)c1ccccn1.Cl. The maximum Gasteiger partial charge on any atom is 0.281 e. The number of hydrogen-bond acceptors (Lipinski definition) is 7. The molecule has 1 fully saturated rings. The number of thioether (sulfide) groups is 1. The molecular formula is C22H22ClN5O4S2. The summed E-state index contributed by atoms with van der Waals surface area (Å²) in [5, 5.41) is 1.60. The average Bonchev–Trinajstić information content (AvgIpc) is 3.54. The smallest absolute Gasteiger partial charge is 0.281 e. The first kappa shape index (κ1) is 24.2. The van der Waals surface area contributed by atoms with E-state index >= 15 is 0 Å². The van der Waals surface area contributed by atoms with Gasteiger partial charge in [-0.05, 0) is 24.3 Å².